The second kappa shape index (κ2) is 6.81. The van der Waals surface area contributed by atoms with Crippen LogP contribution in [0.2, 0.25) is 0 Å². The lowest BCUT2D eigenvalue weighted by Crippen LogP contribution is -2.31. The van der Waals surface area contributed by atoms with Crippen molar-refractivity contribution >= 4 is 11.7 Å². The highest BCUT2D eigenvalue weighted by molar-refractivity contribution is 6.07. The van der Waals surface area contributed by atoms with Gasteiger partial charge in [-0.2, -0.15) is 0 Å². The molecular formula is C17H17NO3. The van der Waals surface area contributed by atoms with Crippen LogP contribution in [0.25, 0.3) is 0 Å². The molecule has 1 amide bonds. The van der Waals surface area contributed by atoms with Gasteiger partial charge in [0.1, 0.15) is 0 Å². The number of aliphatic hydroxyl groups is 1. The normalized spacial score (nSPS) is 11.7. The van der Waals surface area contributed by atoms with E-state index in [1.807, 2.05) is 30.3 Å². The van der Waals surface area contributed by atoms with Crippen LogP contribution < -0.4 is 5.32 Å². The van der Waals surface area contributed by atoms with E-state index in [0.717, 1.165) is 5.56 Å². The topological polar surface area (TPSA) is 66.4 Å². The molecule has 0 spiro atoms. The van der Waals surface area contributed by atoms with Crippen LogP contribution in [0.3, 0.4) is 0 Å². The molecule has 0 fully saturated rings. The Balaban J connectivity index is 2.23. The van der Waals surface area contributed by atoms with Crippen molar-refractivity contribution in [1.82, 2.24) is 5.32 Å². The molecular weight excluding hydrogens is 266 g/mol. The molecule has 2 aromatic rings. The minimum Gasteiger partial charge on any atom is -0.394 e. The van der Waals surface area contributed by atoms with E-state index in [9.17, 15) is 14.7 Å². The van der Waals surface area contributed by atoms with Gasteiger partial charge in [-0.3, -0.25) is 9.59 Å². The molecule has 2 N–H and O–H groups in total. The zero-order valence-corrected chi connectivity index (χ0v) is 11.7. The van der Waals surface area contributed by atoms with Gasteiger partial charge in [0.05, 0.1) is 18.2 Å². The number of aliphatic hydroxyl groups excluding tert-OH is 1. The molecule has 0 unspecified atom stereocenters. The molecule has 4 heteroatoms. The average Bonchev–Trinajstić information content (AvgIpc) is 2.53. The highest BCUT2D eigenvalue weighted by Gasteiger charge is 2.18. The van der Waals surface area contributed by atoms with Crippen LogP contribution in [0.1, 0.15) is 39.2 Å². The predicted octanol–water partition coefficient (Wildman–Crippen LogP) is 2.35. The summed E-state index contributed by atoms with van der Waals surface area (Å²) in [6, 6.07) is 15.4. The molecule has 0 saturated carbocycles. The van der Waals surface area contributed by atoms with E-state index < -0.39 is 6.04 Å². The summed E-state index contributed by atoms with van der Waals surface area (Å²) in [4.78, 5) is 23.9. The van der Waals surface area contributed by atoms with Crippen LogP contribution in [0.4, 0.5) is 0 Å². The van der Waals surface area contributed by atoms with Crippen LogP contribution in [-0.4, -0.2) is 23.4 Å². The predicted molar refractivity (Wildman–Crippen MR) is 80.2 cm³/mol. The van der Waals surface area contributed by atoms with Crippen molar-refractivity contribution in [2.75, 3.05) is 6.61 Å². The van der Waals surface area contributed by atoms with Gasteiger partial charge < -0.3 is 10.4 Å². The Morgan fingerprint density at radius 1 is 1.00 bits per heavy atom. The van der Waals surface area contributed by atoms with Gasteiger partial charge in [0.2, 0.25) is 0 Å². The van der Waals surface area contributed by atoms with Crippen molar-refractivity contribution in [3.05, 3.63) is 71.3 Å². The fraction of sp³-hybridized carbons (Fsp3) is 0.176. The maximum atomic E-state index is 12.3. The summed E-state index contributed by atoms with van der Waals surface area (Å²) in [5.41, 5.74) is 1.51. The average molecular weight is 283 g/mol. The van der Waals surface area contributed by atoms with Crippen molar-refractivity contribution in [2.45, 2.75) is 13.0 Å². The Labute approximate surface area is 123 Å². The minimum absolute atomic E-state index is 0.166. The Hall–Kier alpha value is -2.46. The molecule has 1 atom stereocenters. The van der Waals surface area contributed by atoms with Gasteiger partial charge in [-0.05, 0) is 18.6 Å². The van der Waals surface area contributed by atoms with Crippen LogP contribution in [0.15, 0.2) is 54.6 Å². The van der Waals surface area contributed by atoms with E-state index in [4.69, 9.17) is 0 Å². The molecule has 0 aliphatic heterocycles. The maximum absolute atomic E-state index is 12.3. The van der Waals surface area contributed by atoms with Gasteiger partial charge >= 0.3 is 0 Å². The minimum atomic E-state index is -0.501. The SMILES string of the molecule is CC(=O)c1ccccc1C(=O)N[C@H](CO)c1ccccc1. The molecule has 21 heavy (non-hydrogen) atoms. The third kappa shape index (κ3) is 3.55. The number of carbonyl (C=O) groups excluding carboxylic acids is 2. The molecule has 0 saturated heterocycles. The number of hydrogen-bond donors (Lipinski definition) is 2. The molecule has 2 aromatic carbocycles. The standard InChI is InChI=1S/C17H17NO3/c1-12(20)14-9-5-6-10-15(14)17(21)18-16(11-19)13-7-3-2-4-8-13/h2-10,16,19H,11H2,1H3,(H,18,21)/t16-/m1/s1. The van der Waals surface area contributed by atoms with Crippen molar-refractivity contribution in [3.63, 3.8) is 0 Å². The van der Waals surface area contributed by atoms with E-state index in [-0.39, 0.29) is 18.3 Å². The van der Waals surface area contributed by atoms with E-state index in [1.54, 1.807) is 24.3 Å². The lowest BCUT2D eigenvalue weighted by atomic mass is 10.0. The number of rotatable bonds is 5. The summed E-state index contributed by atoms with van der Waals surface area (Å²) in [5.74, 6) is -0.537. The Morgan fingerprint density at radius 3 is 2.14 bits per heavy atom. The molecule has 0 bridgehead atoms. The van der Waals surface area contributed by atoms with E-state index in [0.29, 0.717) is 11.1 Å². The molecule has 0 aromatic heterocycles. The molecule has 0 heterocycles. The number of Topliss-reactive ketones (excluding diaryl/α,β-unsaturated/α-hetero) is 1. The maximum Gasteiger partial charge on any atom is 0.252 e. The smallest absolute Gasteiger partial charge is 0.252 e. The number of carbonyl (C=O) groups is 2. The molecule has 108 valence electrons. The zero-order valence-electron chi connectivity index (χ0n) is 11.7. The van der Waals surface area contributed by atoms with Crippen molar-refractivity contribution < 1.29 is 14.7 Å². The van der Waals surface area contributed by atoms with Gasteiger partial charge in [0, 0.05) is 5.56 Å². The number of ketones is 1. The second-order valence-corrected chi connectivity index (χ2v) is 4.72. The molecule has 0 radical (unpaired) electrons. The van der Waals surface area contributed by atoms with E-state index in [1.165, 1.54) is 6.92 Å². The first-order valence-electron chi connectivity index (χ1n) is 6.70. The molecule has 0 aliphatic carbocycles. The number of amides is 1. The summed E-state index contributed by atoms with van der Waals surface area (Å²) in [7, 11) is 0. The summed E-state index contributed by atoms with van der Waals surface area (Å²) >= 11 is 0. The van der Waals surface area contributed by atoms with E-state index >= 15 is 0 Å². The van der Waals surface area contributed by atoms with Crippen molar-refractivity contribution in [2.24, 2.45) is 0 Å². The van der Waals surface area contributed by atoms with Gasteiger partial charge in [0.25, 0.3) is 5.91 Å². The molecule has 0 aliphatic rings. The van der Waals surface area contributed by atoms with Gasteiger partial charge in [-0.25, -0.2) is 0 Å². The van der Waals surface area contributed by atoms with Crippen LogP contribution >= 0.6 is 0 Å². The van der Waals surface area contributed by atoms with Crippen molar-refractivity contribution in [1.29, 1.82) is 0 Å². The van der Waals surface area contributed by atoms with Crippen LogP contribution in [0.5, 0.6) is 0 Å². The zero-order chi connectivity index (χ0) is 15.2. The largest absolute Gasteiger partial charge is 0.394 e. The Morgan fingerprint density at radius 2 is 1.57 bits per heavy atom. The lowest BCUT2D eigenvalue weighted by molar-refractivity contribution is 0.0906. The van der Waals surface area contributed by atoms with Crippen LogP contribution in [0, 0.1) is 0 Å². The van der Waals surface area contributed by atoms with Gasteiger partial charge in [-0.1, -0.05) is 48.5 Å². The first kappa shape index (κ1) is 14.9. The van der Waals surface area contributed by atoms with Gasteiger partial charge in [-0.15, -0.1) is 0 Å². The highest BCUT2D eigenvalue weighted by Crippen LogP contribution is 2.15. The number of hydrogen-bond acceptors (Lipinski definition) is 3. The Bertz CT molecular complexity index is 637. The van der Waals surface area contributed by atoms with Crippen LogP contribution in [-0.2, 0) is 0 Å². The third-order valence-corrected chi connectivity index (χ3v) is 3.24. The lowest BCUT2D eigenvalue weighted by Gasteiger charge is -2.17. The fourth-order valence-electron chi connectivity index (χ4n) is 2.14. The van der Waals surface area contributed by atoms with Crippen molar-refractivity contribution in [3.8, 4) is 0 Å². The third-order valence-electron chi connectivity index (χ3n) is 3.24. The van der Waals surface area contributed by atoms with Gasteiger partial charge in [0.15, 0.2) is 5.78 Å². The number of nitrogens with one attached hydrogen (secondary N) is 1. The fourth-order valence-corrected chi connectivity index (χ4v) is 2.14. The second-order valence-electron chi connectivity index (χ2n) is 4.72. The van der Waals surface area contributed by atoms with E-state index in [2.05, 4.69) is 5.32 Å². The monoisotopic (exact) mass is 283 g/mol. The number of benzene rings is 2. The molecule has 2 rings (SSSR count). The summed E-state index contributed by atoms with van der Waals surface area (Å²) in [6.07, 6.45) is 0. The summed E-state index contributed by atoms with van der Waals surface area (Å²) < 4.78 is 0. The quantitative estimate of drug-likeness (QED) is 0.828. The first-order chi connectivity index (χ1) is 10.1. The highest BCUT2D eigenvalue weighted by atomic mass is 16.3. The summed E-state index contributed by atoms with van der Waals surface area (Å²) in [5, 5.41) is 12.2. The summed E-state index contributed by atoms with van der Waals surface area (Å²) in [6.45, 7) is 1.21. The first-order valence-corrected chi connectivity index (χ1v) is 6.70. The molecule has 4 nitrogen and oxygen atoms in total. The Kier molecular flexibility index (Phi) is 4.85.